The second-order valence-electron chi connectivity index (χ2n) is 11.3. The first-order valence-corrected chi connectivity index (χ1v) is 13.0. The van der Waals surface area contributed by atoms with E-state index in [-0.39, 0.29) is 34.2 Å². The summed E-state index contributed by atoms with van der Waals surface area (Å²) >= 11 is 3.65. The van der Waals surface area contributed by atoms with Crippen molar-refractivity contribution in [1.82, 2.24) is 9.55 Å². The van der Waals surface area contributed by atoms with Crippen LogP contribution in [0.2, 0.25) is 0 Å². The summed E-state index contributed by atoms with van der Waals surface area (Å²) in [6.45, 7) is 12.6. The Kier molecular flexibility index (Phi) is 4.89. The third kappa shape index (κ3) is 4.59. The fourth-order valence-electron chi connectivity index (χ4n) is 4.56. The minimum atomic E-state index is -0.442. The molecule has 0 radical (unpaired) electrons. The van der Waals surface area contributed by atoms with E-state index < -0.39 is 18.1 Å². The lowest BCUT2D eigenvalue weighted by molar-refractivity contribution is 0.446. The third-order valence-electron chi connectivity index (χ3n) is 6.58. The van der Waals surface area contributed by atoms with Crippen LogP contribution < -0.4 is 0 Å². The van der Waals surface area contributed by atoms with Crippen LogP contribution >= 0.6 is 15.9 Å². The second kappa shape index (κ2) is 9.18. The van der Waals surface area contributed by atoms with E-state index in [0.29, 0.717) is 28.2 Å². The van der Waals surface area contributed by atoms with Gasteiger partial charge >= 0.3 is 0 Å². The number of halogens is 1. The van der Waals surface area contributed by atoms with Crippen molar-refractivity contribution in [1.29, 1.82) is 0 Å². The Hall–Kier alpha value is -3.37. The maximum absolute atomic E-state index is 11.8. The van der Waals surface area contributed by atoms with Crippen LogP contribution in [0.5, 0.6) is 5.75 Å². The van der Waals surface area contributed by atoms with Crippen molar-refractivity contribution >= 4 is 27.0 Å². The zero-order valence-corrected chi connectivity index (χ0v) is 23.5. The van der Waals surface area contributed by atoms with Crippen LogP contribution in [-0.2, 0) is 10.8 Å². The number of benzene rings is 4. The van der Waals surface area contributed by atoms with Crippen molar-refractivity contribution in [3.8, 4) is 34.0 Å². The van der Waals surface area contributed by atoms with Gasteiger partial charge in [0.2, 0.25) is 0 Å². The van der Waals surface area contributed by atoms with Crippen LogP contribution in [0.4, 0.5) is 0 Å². The van der Waals surface area contributed by atoms with Crippen LogP contribution in [0.3, 0.4) is 0 Å². The molecule has 0 aliphatic carbocycles. The first-order chi connectivity index (χ1) is 19.5. The fourth-order valence-corrected chi connectivity index (χ4v) is 5.01. The van der Waals surface area contributed by atoms with E-state index in [1.807, 2.05) is 41.0 Å². The van der Waals surface area contributed by atoms with Crippen molar-refractivity contribution in [3.05, 3.63) is 100 Å². The molecule has 5 aromatic rings. The van der Waals surface area contributed by atoms with E-state index in [9.17, 15) is 5.11 Å². The summed E-state index contributed by atoms with van der Waals surface area (Å²) in [7, 11) is 0. The molecular weight excluding hydrogens is 520 g/mol. The lowest BCUT2D eigenvalue weighted by Crippen LogP contribution is -2.17. The molecule has 37 heavy (non-hydrogen) atoms. The van der Waals surface area contributed by atoms with Gasteiger partial charge in [0.1, 0.15) is 17.1 Å². The minimum absolute atomic E-state index is 0.0995. The maximum atomic E-state index is 11.8. The summed E-state index contributed by atoms with van der Waals surface area (Å²) in [5.41, 5.74) is 4.33. The number of aromatic nitrogens is 2. The predicted molar refractivity (Wildman–Crippen MR) is 159 cm³/mol. The smallest absolute Gasteiger partial charge is 0.149 e. The molecule has 0 bridgehead atoms. The van der Waals surface area contributed by atoms with Gasteiger partial charge in [-0.15, -0.1) is 0 Å². The van der Waals surface area contributed by atoms with Gasteiger partial charge in [-0.25, -0.2) is 4.98 Å². The Labute approximate surface area is 235 Å². The summed E-state index contributed by atoms with van der Waals surface area (Å²) in [4.78, 5) is 5.05. The Balaban J connectivity index is 1.96. The molecule has 3 nitrogen and oxygen atoms in total. The minimum Gasteiger partial charge on any atom is -0.507 e. The Morgan fingerprint density at radius 2 is 1.54 bits per heavy atom. The number of rotatable bonds is 3. The first kappa shape index (κ1) is 19.7. The summed E-state index contributed by atoms with van der Waals surface area (Å²) in [6, 6.07) is 15.2. The van der Waals surface area contributed by atoms with Crippen molar-refractivity contribution in [2.75, 3.05) is 0 Å². The van der Waals surface area contributed by atoms with Gasteiger partial charge in [0, 0.05) is 15.6 Å². The third-order valence-corrected chi connectivity index (χ3v) is 7.21. The molecule has 1 N–H and O–H groups in total. The normalized spacial score (nSPS) is 14.2. The van der Waals surface area contributed by atoms with Gasteiger partial charge in [0.05, 0.1) is 23.6 Å². The van der Waals surface area contributed by atoms with E-state index in [1.165, 1.54) is 0 Å². The molecule has 0 spiro atoms. The van der Waals surface area contributed by atoms with Crippen LogP contribution in [-0.4, -0.2) is 14.7 Å². The standard InChI is InChI=1S/C33H33BrN2O/c1-32(2,3)22-19-24(30(37)25(20-22)33(4,5)6)31-35-29-26(34)16-12-18-28(29)36(31)27-17-11-10-15-23(27)21-13-8-7-9-14-21/h7-20,37H,1-6H3/i7D,8D,9D,13D,14D. The molecule has 0 amide bonds. The number of phenols is 1. The molecule has 1 heterocycles. The number of hydrogen-bond donors (Lipinski definition) is 1. The lowest BCUT2D eigenvalue weighted by atomic mass is 9.79. The number of imidazole rings is 1. The highest BCUT2D eigenvalue weighted by molar-refractivity contribution is 9.10. The van der Waals surface area contributed by atoms with Gasteiger partial charge in [-0.2, -0.15) is 0 Å². The summed E-state index contributed by atoms with van der Waals surface area (Å²) < 4.78 is 44.7. The number of aromatic hydroxyl groups is 1. The average Bonchev–Trinajstić information content (AvgIpc) is 3.30. The molecule has 4 heteroatoms. The number of para-hydroxylation sites is 2. The summed E-state index contributed by atoms with van der Waals surface area (Å²) in [6.07, 6.45) is 0. The van der Waals surface area contributed by atoms with Crippen molar-refractivity contribution < 1.29 is 12.0 Å². The molecular formula is C33H33BrN2O. The first-order valence-electron chi connectivity index (χ1n) is 14.8. The van der Waals surface area contributed by atoms with Crippen LogP contribution in [0, 0.1) is 0 Å². The van der Waals surface area contributed by atoms with Gasteiger partial charge < -0.3 is 5.11 Å². The number of phenolic OH excluding ortho intramolecular Hbond substituents is 1. The molecule has 5 rings (SSSR count). The number of fused-ring (bicyclic) bond motifs is 1. The molecule has 188 valence electrons. The fraction of sp³-hybridized carbons (Fsp3) is 0.242. The van der Waals surface area contributed by atoms with Crippen LogP contribution in [0.1, 0.15) is 59.5 Å². The largest absolute Gasteiger partial charge is 0.507 e. The Morgan fingerprint density at radius 1 is 0.838 bits per heavy atom. The van der Waals surface area contributed by atoms with Gasteiger partial charge in [-0.3, -0.25) is 4.57 Å². The van der Waals surface area contributed by atoms with Crippen LogP contribution in [0.25, 0.3) is 39.2 Å². The Morgan fingerprint density at radius 3 is 2.22 bits per heavy atom. The van der Waals surface area contributed by atoms with E-state index in [0.717, 1.165) is 21.1 Å². The molecule has 1 aromatic heterocycles. The molecule has 0 aliphatic rings. The highest BCUT2D eigenvalue weighted by Crippen LogP contribution is 2.44. The average molecular weight is 559 g/mol. The monoisotopic (exact) mass is 557 g/mol. The predicted octanol–water partition coefficient (Wildman–Crippen LogP) is 9.42. The van der Waals surface area contributed by atoms with Gasteiger partial charge in [-0.05, 0) is 62.2 Å². The molecule has 0 saturated heterocycles. The van der Waals surface area contributed by atoms with Gasteiger partial charge in [-0.1, -0.05) is 102 Å². The van der Waals surface area contributed by atoms with Crippen molar-refractivity contribution in [3.63, 3.8) is 0 Å². The van der Waals surface area contributed by atoms with Gasteiger partial charge in [0.15, 0.2) is 0 Å². The van der Waals surface area contributed by atoms with Gasteiger partial charge in [0.25, 0.3) is 0 Å². The number of nitrogens with zero attached hydrogens (tertiary/aromatic N) is 2. The van der Waals surface area contributed by atoms with E-state index in [4.69, 9.17) is 11.8 Å². The van der Waals surface area contributed by atoms with Crippen molar-refractivity contribution in [2.45, 2.75) is 52.4 Å². The molecule has 4 aromatic carbocycles. The highest BCUT2D eigenvalue weighted by atomic mass is 79.9. The number of hydrogen-bond acceptors (Lipinski definition) is 2. The van der Waals surface area contributed by atoms with Crippen LogP contribution in [0.15, 0.2) is 89.3 Å². The van der Waals surface area contributed by atoms with E-state index >= 15 is 0 Å². The molecule has 0 fully saturated rings. The summed E-state index contributed by atoms with van der Waals surface area (Å²) in [5.74, 6) is 0.606. The maximum Gasteiger partial charge on any atom is 0.149 e. The lowest BCUT2D eigenvalue weighted by Gasteiger charge is -2.27. The quantitative estimate of drug-likeness (QED) is 0.240. The van der Waals surface area contributed by atoms with Crippen molar-refractivity contribution in [2.24, 2.45) is 0 Å². The SMILES string of the molecule is [2H]c1c([2H])c([2H])c(-c2ccccc2-n2c(-c3cc(C(C)(C)C)cc(C(C)(C)C)c3O)nc3c(Br)cccc32)c([2H])c1[2H]. The zero-order valence-electron chi connectivity index (χ0n) is 26.9. The highest BCUT2D eigenvalue weighted by Gasteiger charge is 2.28. The molecule has 0 saturated carbocycles. The second-order valence-corrected chi connectivity index (χ2v) is 12.2. The summed E-state index contributed by atoms with van der Waals surface area (Å²) in [5, 5.41) is 11.8. The van der Waals surface area contributed by atoms with E-state index in [1.54, 1.807) is 12.1 Å². The Bertz CT molecular complexity index is 1850. The molecule has 0 atom stereocenters. The molecule has 0 unspecified atom stereocenters. The van der Waals surface area contributed by atoms with E-state index in [2.05, 4.69) is 63.5 Å². The molecule has 0 aliphatic heterocycles. The zero-order chi connectivity index (χ0) is 30.9. The topological polar surface area (TPSA) is 38.0 Å².